The predicted molar refractivity (Wildman–Crippen MR) is 80.6 cm³/mol. The average molecular weight is 283 g/mol. The number of rotatable bonds is 3. The van der Waals surface area contributed by atoms with Crippen LogP contribution in [0.3, 0.4) is 0 Å². The Labute approximate surface area is 124 Å². The van der Waals surface area contributed by atoms with E-state index in [0.717, 1.165) is 36.9 Å². The Kier molecular flexibility index (Phi) is 4.00. The largest absolute Gasteiger partial charge is 0.335 e. The Balaban J connectivity index is 1.73. The third-order valence-electron chi connectivity index (χ3n) is 4.04. The Morgan fingerprint density at radius 3 is 2.52 bits per heavy atom. The summed E-state index contributed by atoms with van der Waals surface area (Å²) in [5.41, 5.74) is 1.82. The predicted octanol–water partition coefficient (Wildman–Crippen LogP) is 3.67. The number of carbonyl (C=O) groups is 1. The van der Waals surface area contributed by atoms with E-state index in [2.05, 4.69) is 0 Å². The van der Waals surface area contributed by atoms with E-state index in [1.54, 1.807) is 12.1 Å². The van der Waals surface area contributed by atoms with Crippen LogP contribution in [0.25, 0.3) is 0 Å². The van der Waals surface area contributed by atoms with Crippen molar-refractivity contribution in [3.8, 4) is 0 Å². The summed E-state index contributed by atoms with van der Waals surface area (Å²) in [4.78, 5) is 14.5. The van der Waals surface area contributed by atoms with Crippen LogP contribution in [0.1, 0.15) is 28.8 Å². The van der Waals surface area contributed by atoms with Gasteiger partial charge in [-0.05, 0) is 49.1 Å². The van der Waals surface area contributed by atoms with Crippen molar-refractivity contribution in [2.75, 3.05) is 6.54 Å². The van der Waals surface area contributed by atoms with Crippen LogP contribution in [-0.2, 0) is 6.42 Å². The van der Waals surface area contributed by atoms with E-state index < -0.39 is 0 Å². The molecule has 1 amide bonds. The molecule has 1 atom stereocenters. The summed E-state index contributed by atoms with van der Waals surface area (Å²) in [6.45, 7) is 0.805. The second-order valence-corrected chi connectivity index (χ2v) is 5.49. The van der Waals surface area contributed by atoms with E-state index in [9.17, 15) is 9.18 Å². The maximum absolute atomic E-state index is 13.0. The summed E-state index contributed by atoms with van der Waals surface area (Å²) in [5, 5.41) is 0. The fourth-order valence-corrected chi connectivity index (χ4v) is 2.95. The Morgan fingerprint density at radius 1 is 1.10 bits per heavy atom. The minimum absolute atomic E-state index is 0.0974. The van der Waals surface area contributed by atoms with Gasteiger partial charge in [-0.25, -0.2) is 4.39 Å². The zero-order valence-electron chi connectivity index (χ0n) is 11.8. The van der Waals surface area contributed by atoms with Gasteiger partial charge in [0.15, 0.2) is 0 Å². The van der Waals surface area contributed by atoms with Gasteiger partial charge in [0, 0.05) is 18.2 Å². The summed E-state index contributed by atoms with van der Waals surface area (Å²) >= 11 is 0. The number of nitrogens with zero attached hydrogens (tertiary/aromatic N) is 1. The molecule has 2 aromatic carbocycles. The molecule has 1 unspecified atom stereocenters. The molecule has 0 aromatic heterocycles. The van der Waals surface area contributed by atoms with Crippen molar-refractivity contribution in [2.45, 2.75) is 25.3 Å². The molecule has 0 bridgehead atoms. The van der Waals surface area contributed by atoms with E-state index in [1.807, 2.05) is 35.2 Å². The molecule has 2 nitrogen and oxygen atoms in total. The first-order chi connectivity index (χ1) is 10.2. The van der Waals surface area contributed by atoms with Crippen molar-refractivity contribution in [2.24, 2.45) is 0 Å². The fourth-order valence-electron chi connectivity index (χ4n) is 2.95. The van der Waals surface area contributed by atoms with E-state index >= 15 is 0 Å². The van der Waals surface area contributed by atoms with Gasteiger partial charge in [0.25, 0.3) is 5.91 Å². The van der Waals surface area contributed by atoms with Crippen molar-refractivity contribution >= 4 is 5.91 Å². The highest BCUT2D eigenvalue weighted by Crippen LogP contribution is 2.23. The monoisotopic (exact) mass is 283 g/mol. The molecule has 0 N–H and O–H groups in total. The molecule has 3 rings (SSSR count). The molecular formula is C18H18FNO. The molecule has 3 heteroatoms. The highest BCUT2D eigenvalue weighted by Gasteiger charge is 2.29. The van der Waals surface area contributed by atoms with Crippen LogP contribution < -0.4 is 0 Å². The lowest BCUT2D eigenvalue weighted by molar-refractivity contribution is 0.0736. The second kappa shape index (κ2) is 6.08. The van der Waals surface area contributed by atoms with Crippen LogP contribution in [0.4, 0.5) is 4.39 Å². The molecule has 1 heterocycles. The first-order valence-corrected chi connectivity index (χ1v) is 7.34. The van der Waals surface area contributed by atoms with Crippen LogP contribution in [0.5, 0.6) is 0 Å². The van der Waals surface area contributed by atoms with Crippen molar-refractivity contribution in [3.63, 3.8) is 0 Å². The number of likely N-dealkylation sites (tertiary alicyclic amines) is 1. The first-order valence-electron chi connectivity index (χ1n) is 7.34. The molecule has 21 heavy (non-hydrogen) atoms. The summed E-state index contributed by atoms with van der Waals surface area (Å²) in [6, 6.07) is 16.2. The first kappa shape index (κ1) is 13.8. The molecule has 1 saturated heterocycles. The van der Waals surface area contributed by atoms with Gasteiger partial charge in [-0.1, -0.05) is 30.3 Å². The van der Waals surface area contributed by atoms with Gasteiger partial charge in [-0.2, -0.15) is 0 Å². The van der Waals surface area contributed by atoms with Crippen LogP contribution in [0.15, 0.2) is 54.6 Å². The molecule has 0 radical (unpaired) electrons. The van der Waals surface area contributed by atoms with Crippen molar-refractivity contribution in [1.82, 2.24) is 4.90 Å². The lowest BCUT2D eigenvalue weighted by Gasteiger charge is -2.25. The SMILES string of the molecule is O=C(c1ccccc1)N1CCCC1Cc1ccc(F)cc1. The molecule has 1 aliphatic heterocycles. The Bertz CT molecular complexity index is 609. The number of hydrogen-bond acceptors (Lipinski definition) is 1. The standard InChI is InChI=1S/C18H18FNO/c19-16-10-8-14(9-11-16)13-17-7-4-12-20(17)18(21)15-5-2-1-3-6-15/h1-3,5-6,8-11,17H,4,7,12-13H2. The zero-order valence-corrected chi connectivity index (χ0v) is 11.8. The maximum Gasteiger partial charge on any atom is 0.254 e. The summed E-state index contributed by atoms with van der Waals surface area (Å²) in [6.07, 6.45) is 2.83. The number of carbonyl (C=O) groups excluding carboxylic acids is 1. The fraction of sp³-hybridized carbons (Fsp3) is 0.278. The summed E-state index contributed by atoms with van der Waals surface area (Å²) in [5.74, 6) is -0.123. The highest BCUT2D eigenvalue weighted by molar-refractivity contribution is 5.94. The highest BCUT2D eigenvalue weighted by atomic mass is 19.1. The number of benzene rings is 2. The lowest BCUT2D eigenvalue weighted by Crippen LogP contribution is -2.36. The number of amides is 1. The van der Waals surface area contributed by atoms with Gasteiger partial charge < -0.3 is 4.90 Å². The van der Waals surface area contributed by atoms with Crippen molar-refractivity contribution in [3.05, 3.63) is 71.5 Å². The van der Waals surface area contributed by atoms with E-state index in [-0.39, 0.29) is 17.8 Å². The zero-order chi connectivity index (χ0) is 14.7. The van der Waals surface area contributed by atoms with Gasteiger partial charge in [-0.3, -0.25) is 4.79 Å². The van der Waals surface area contributed by atoms with E-state index in [1.165, 1.54) is 12.1 Å². The second-order valence-electron chi connectivity index (χ2n) is 5.49. The Hall–Kier alpha value is -2.16. The normalized spacial score (nSPS) is 18.0. The Morgan fingerprint density at radius 2 is 1.81 bits per heavy atom. The van der Waals surface area contributed by atoms with Gasteiger partial charge in [0.1, 0.15) is 5.82 Å². The topological polar surface area (TPSA) is 20.3 Å². The average Bonchev–Trinajstić information content (AvgIpc) is 2.98. The molecule has 2 aromatic rings. The minimum atomic E-state index is -0.220. The third kappa shape index (κ3) is 3.13. The third-order valence-corrected chi connectivity index (χ3v) is 4.04. The number of halogens is 1. The van der Waals surface area contributed by atoms with Gasteiger partial charge >= 0.3 is 0 Å². The maximum atomic E-state index is 13.0. The summed E-state index contributed by atoms with van der Waals surface area (Å²) in [7, 11) is 0. The molecule has 0 aliphatic carbocycles. The summed E-state index contributed by atoms with van der Waals surface area (Å²) < 4.78 is 13.0. The number of hydrogen-bond donors (Lipinski definition) is 0. The smallest absolute Gasteiger partial charge is 0.254 e. The van der Waals surface area contributed by atoms with Crippen LogP contribution >= 0.6 is 0 Å². The van der Waals surface area contributed by atoms with Crippen molar-refractivity contribution < 1.29 is 9.18 Å². The molecule has 0 spiro atoms. The van der Waals surface area contributed by atoms with Gasteiger partial charge in [0.2, 0.25) is 0 Å². The molecular weight excluding hydrogens is 265 g/mol. The van der Waals surface area contributed by atoms with E-state index in [0.29, 0.717) is 0 Å². The van der Waals surface area contributed by atoms with Crippen molar-refractivity contribution in [1.29, 1.82) is 0 Å². The molecule has 0 saturated carbocycles. The van der Waals surface area contributed by atoms with Gasteiger partial charge in [0.05, 0.1) is 0 Å². The lowest BCUT2D eigenvalue weighted by atomic mass is 10.0. The van der Waals surface area contributed by atoms with Crippen LogP contribution in [-0.4, -0.2) is 23.4 Å². The van der Waals surface area contributed by atoms with Gasteiger partial charge in [-0.15, -0.1) is 0 Å². The molecule has 1 aliphatic rings. The van der Waals surface area contributed by atoms with E-state index in [4.69, 9.17) is 0 Å². The minimum Gasteiger partial charge on any atom is -0.335 e. The van der Waals surface area contributed by atoms with Crippen LogP contribution in [0, 0.1) is 5.82 Å². The molecule has 108 valence electrons. The van der Waals surface area contributed by atoms with Crippen LogP contribution in [0.2, 0.25) is 0 Å². The molecule has 1 fully saturated rings. The quantitative estimate of drug-likeness (QED) is 0.841.